The summed E-state index contributed by atoms with van der Waals surface area (Å²) in [5.74, 6) is 0. The number of imidazole rings is 1. The van der Waals surface area contributed by atoms with Gasteiger partial charge in [-0.25, -0.2) is 4.98 Å². The van der Waals surface area contributed by atoms with Gasteiger partial charge >= 0.3 is 0 Å². The van der Waals surface area contributed by atoms with Gasteiger partial charge in [0.2, 0.25) is 0 Å². The standard InChI is InChI=1S/C9H15N3O/c13-9(8-5-10-6-12-8)7-3-1-2-4-11-7/h5-7,9,11,13H,1-4H2,(H,10,12). The smallest absolute Gasteiger partial charge is 0.111 e. The summed E-state index contributed by atoms with van der Waals surface area (Å²) < 4.78 is 0. The first-order chi connectivity index (χ1) is 6.38. The monoisotopic (exact) mass is 181 g/mol. The first-order valence-corrected chi connectivity index (χ1v) is 4.77. The molecule has 72 valence electrons. The van der Waals surface area contributed by atoms with Crippen molar-refractivity contribution in [3.8, 4) is 0 Å². The van der Waals surface area contributed by atoms with Crippen LogP contribution in [0, 0.1) is 0 Å². The number of nitrogens with one attached hydrogen (secondary N) is 2. The number of aliphatic hydroxyl groups is 1. The third-order valence-electron chi connectivity index (χ3n) is 2.57. The second-order valence-electron chi connectivity index (χ2n) is 3.51. The van der Waals surface area contributed by atoms with E-state index < -0.39 is 6.10 Å². The van der Waals surface area contributed by atoms with E-state index in [9.17, 15) is 5.11 Å². The van der Waals surface area contributed by atoms with Gasteiger partial charge in [-0.2, -0.15) is 0 Å². The van der Waals surface area contributed by atoms with Gasteiger partial charge in [0.25, 0.3) is 0 Å². The summed E-state index contributed by atoms with van der Waals surface area (Å²) in [7, 11) is 0. The molecule has 3 N–H and O–H groups in total. The Bertz CT molecular complexity index is 241. The summed E-state index contributed by atoms with van der Waals surface area (Å²) >= 11 is 0. The minimum atomic E-state index is -0.442. The molecule has 0 spiro atoms. The van der Waals surface area contributed by atoms with Crippen molar-refractivity contribution in [2.45, 2.75) is 31.4 Å². The number of piperidine rings is 1. The first kappa shape index (κ1) is 8.72. The van der Waals surface area contributed by atoms with E-state index in [1.807, 2.05) is 0 Å². The molecule has 13 heavy (non-hydrogen) atoms. The Kier molecular flexibility index (Phi) is 2.61. The fourth-order valence-corrected chi connectivity index (χ4v) is 1.79. The van der Waals surface area contributed by atoms with Crippen LogP contribution in [0.4, 0.5) is 0 Å². The van der Waals surface area contributed by atoms with E-state index in [0.717, 1.165) is 18.7 Å². The van der Waals surface area contributed by atoms with Gasteiger partial charge in [-0.1, -0.05) is 6.42 Å². The molecule has 4 nitrogen and oxygen atoms in total. The highest BCUT2D eigenvalue weighted by molar-refractivity contribution is 5.03. The van der Waals surface area contributed by atoms with Crippen LogP contribution < -0.4 is 5.32 Å². The van der Waals surface area contributed by atoms with Crippen molar-refractivity contribution in [2.75, 3.05) is 6.54 Å². The van der Waals surface area contributed by atoms with Crippen LogP contribution in [0.15, 0.2) is 12.5 Å². The zero-order valence-corrected chi connectivity index (χ0v) is 7.53. The maximum Gasteiger partial charge on any atom is 0.111 e. The van der Waals surface area contributed by atoms with Crippen LogP contribution in [0.25, 0.3) is 0 Å². The topological polar surface area (TPSA) is 60.9 Å². The van der Waals surface area contributed by atoms with E-state index in [2.05, 4.69) is 15.3 Å². The van der Waals surface area contributed by atoms with Gasteiger partial charge in [-0.3, -0.25) is 0 Å². The molecular formula is C9H15N3O. The molecule has 0 aromatic carbocycles. The second-order valence-corrected chi connectivity index (χ2v) is 3.51. The number of hydrogen-bond acceptors (Lipinski definition) is 3. The number of hydrogen-bond donors (Lipinski definition) is 3. The second kappa shape index (κ2) is 3.89. The van der Waals surface area contributed by atoms with Crippen molar-refractivity contribution in [1.29, 1.82) is 0 Å². The van der Waals surface area contributed by atoms with Gasteiger partial charge < -0.3 is 15.4 Å². The van der Waals surface area contributed by atoms with E-state index in [4.69, 9.17) is 0 Å². The number of nitrogens with zero attached hydrogens (tertiary/aromatic N) is 1. The van der Waals surface area contributed by atoms with Crippen molar-refractivity contribution >= 4 is 0 Å². The van der Waals surface area contributed by atoms with E-state index in [1.54, 1.807) is 12.5 Å². The number of aromatic nitrogens is 2. The highest BCUT2D eigenvalue weighted by Crippen LogP contribution is 2.20. The zero-order valence-electron chi connectivity index (χ0n) is 7.53. The van der Waals surface area contributed by atoms with Crippen LogP contribution in [-0.2, 0) is 0 Å². The third-order valence-corrected chi connectivity index (χ3v) is 2.57. The van der Waals surface area contributed by atoms with Crippen molar-refractivity contribution in [1.82, 2.24) is 15.3 Å². The van der Waals surface area contributed by atoms with Gasteiger partial charge in [0.05, 0.1) is 18.2 Å². The average Bonchev–Trinajstić information content (AvgIpc) is 2.71. The molecule has 2 heterocycles. The van der Waals surface area contributed by atoms with Gasteiger partial charge in [0.15, 0.2) is 0 Å². The van der Waals surface area contributed by atoms with Gasteiger partial charge in [0, 0.05) is 6.04 Å². The molecule has 2 unspecified atom stereocenters. The van der Waals surface area contributed by atoms with E-state index >= 15 is 0 Å². The van der Waals surface area contributed by atoms with Gasteiger partial charge in [-0.05, 0) is 19.4 Å². The van der Waals surface area contributed by atoms with E-state index in [1.165, 1.54) is 12.8 Å². The molecule has 2 rings (SSSR count). The summed E-state index contributed by atoms with van der Waals surface area (Å²) in [6.07, 6.45) is 6.29. The molecule has 1 aromatic rings. The number of aromatic amines is 1. The van der Waals surface area contributed by atoms with Gasteiger partial charge in [-0.15, -0.1) is 0 Å². The molecule has 0 bridgehead atoms. The molecule has 1 saturated heterocycles. The SMILES string of the molecule is OC(c1cnc[nH]1)C1CCCCN1. The van der Waals surface area contributed by atoms with Crippen LogP contribution >= 0.6 is 0 Å². The molecule has 0 amide bonds. The van der Waals surface area contributed by atoms with Crippen LogP contribution in [0.5, 0.6) is 0 Å². The average molecular weight is 181 g/mol. The molecule has 1 fully saturated rings. The largest absolute Gasteiger partial charge is 0.385 e. The molecular weight excluding hydrogens is 166 g/mol. The Morgan fingerprint density at radius 2 is 2.46 bits per heavy atom. The van der Waals surface area contributed by atoms with Crippen LogP contribution in [-0.4, -0.2) is 27.7 Å². The van der Waals surface area contributed by atoms with Gasteiger partial charge in [0.1, 0.15) is 6.10 Å². The summed E-state index contributed by atoms with van der Waals surface area (Å²) in [5.41, 5.74) is 0.805. The number of H-pyrrole nitrogens is 1. The molecule has 1 aliphatic rings. The Morgan fingerprint density at radius 1 is 1.54 bits per heavy atom. The van der Waals surface area contributed by atoms with Crippen molar-refractivity contribution in [3.05, 3.63) is 18.2 Å². The molecule has 4 heteroatoms. The van der Waals surface area contributed by atoms with Crippen LogP contribution in [0.2, 0.25) is 0 Å². The lowest BCUT2D eigenvalue weighted by Gasteiger charge is -2.27. The third kappa shape index (κ3) is 1.89. The molecule has 0 aliphatic carbocycles. The maximum atomic E-state index is 9.90. The van der Waals surface area contributed by atoms with Crippen molar-refractivity contribution < 1.29 is 5.11 Å². The predicted octanol–water partition coefficient (Wildman–Crippen LogP) is 0.585. The minimum Gasteiger partial charge on any atom is -0.385 e. The molecule has 2 atom stereocenters. The fourth-order valence-electron chi connectivity index (χ4n) is 1.79. The van der Waals surface area contributed by atoms with Crippen molar-refractivity contribution in [3.63, 3.8) is 0 Å². The minimum absolute atomic E-state index is 0.189. The van der Waals surface area contributed by atoms with Crippen molar-refractivity contribution in [2.24, 2.45) is 0 Å². The number of aliphatic hydroxyl groups excluding tert-OH is 1. The highest BCUT2D eigenvalue weighted by Gasteiger charge is 2.23. The zero-order chi connectivity index (χ0) is 9.10. The Labute approximate surface area is 77.4 Å². The van der Waals surface area contributed by atoms with E-state index in [-0.39, 0.29) is 6.04 Å². The molecule has 0 saturated carbocycles. The van der Waals surface area contributed by atoms with Crippen LogP contribution in [0.3, 0.4) is 0 Å². The molecule has 1 aliphatic heterocycles. The summed E-state index contributed by atoms with van der Waals surface area (Å²) in [4.78, 5) is 6.83. The van der Waals surface area contributed by atoms with Crippen LogP contribution in [0.1, 0.15) is 31.1 Å². The molecule has 0 radical (unpaired) electrons. The number of rotatable bonds is 2. The lowest BCUT2D eigenvalue weighted by atomic mass is 9.98. The van der Waals surface area contributed by atoms with E-state index in [0.29, 0.717) is 0 Å². The predicted molar refractivity (Wildman–Crippen MR) is 49.2 cm³/mol. The summed E-state index contributed by atoms with van der Waals surface area (Å²) in [6, 6.07) is 0.189. The Balaban J connectivity index is 1.99. The lowest BCUT2D eigenvalue weighted by molar-refractivity contribution is 0.110. The lowest BCUT2D eigenvalue weighted by Crippen LogP contribution is -2.38. The Morgan fingerprint density at radius 3 is 3.08 bits per heavy atom. The summed E-state index contributed by atoms with van der Waals surface area (Å²) in [6.45, 7) is 1.01. The highest BCUT2D eigenvalue weighted by atomic mass is 16.3. The maximum absolute atomic E-state index is 9.90. The first-order valence-electron chi connectivity index (χ1n) is 4.77. The fraction of sp³-hybridized carbons (Fsp3) is 0.667. The normalized spacial score (nSPS) is 25.8. The summed E-state index contributed by atoms with van der Waals surface area (Å²) in [5, 5.41) is 13.2. The molecule has 1 aromatic heterocycles. The Hall–Kier alpha value is -0.870. The quantitative estimate of drug-likeness (QED) is 0.625.